The van der Waals surface area contributed by atoms with E-state index in [2.05, 4.69) is 18.9 Å². The van der Waals surface area contributed by atoms with E-state index >= 15 is 0 Å². The number of rotatable bonds is 5. The molecule has 0 N–H and O–H groups in total. The Balaban J connectivity index is 1.80. The number of carbonyl (C=O) groups is 1. The number of hydrogen-bond acceptors (Lipinski definition) is 3. The summed E-state index contributed by atoms with van der Waals surface area (Å²) in [6.45, 7) is 4.35. The number of likely N-dealkylation sites (N-methyl/N-ethyl adjacent to an activating group) is 1. The summed E-state index contributed by atoms with van der Waals surface area (Å²) in [5.74, 6) is 0.821. The highest BCUT2D eigenvalue weighted by Crippen LogP contribution is 2.16. The first-order valence-corrected chi connectivity index (χ1v) is 7.76. The molecule has 1 saturated heterocycles. The molecule has 0 aromatic heterocycles. The fourth-order valence-electron chi connectivity index (χ4n) is 2.65. The molecule has 0 saturated carbocycles. The fourth-order valence-corrected chi connectivity index (χ4v) is 2.65. The Morgan fingerprint density at radius 2 is 1.90 bits per heavy atom. The summed E-state index contributed by atoms with van der Waals surface area (Å²) in [4.78, 5) is 16.4. The third-order valence-corrected chi connectivity index (χ3v) is 4.32. The normalized spacial score (nSPS) is 16.7. The maximum atomic E-state index is 12.2. The van der Waals surface area contributed by atoms with Crippen molar-refractivity contribution in [2.24, 2.45) is 0 Å². The van der Waals surface area contributed by atoms with Gasteiger partial charge in [0.25, 0.3) is 5.91 Å². The van der Waals surface area contributed by atoms with Crippen LogP contribution in [0.25, 0.3) is 0 Å². The van der Waals surface area contributed by atoms with Crippen molar-refractivity contribution in [1.29, 1.82) is 0 Å². The molecule has 2 rings (SSSR count). The molecule has 4 heteroatoms. The maximum absolute atomic E-state index is 12.2. The van der Waals surface area contributed by atoms with Gasteiger partial charge in [-0.2, -0.15) is 0 Å². The van der Waals surface area contributed by atoms with Gasteiger partial charge in [0.15, 0.2) is 6.61 Å². The lowest BCUT2D eigenvalue weighted by molar-refractivity contribution is -0.134. The van der Waals surface area contributed by atoms with Crippen molar-refractivity contribution in [2.75, 3.05) is 33.8 Å². The summed E-state index contributed by atoms with van der Waals surface area (Å²) >= 11 is 0. The smallest absolute Gasteiger partial charge is 0.260 e. The standard InChI is InChI=1S/C17H26N2O2/c1-4-14-5-7-16(8-6-14)21-13-17(20)19(3)15-9-11-18(2)12-10-15/h5-8,15H,4,9-13H2,1-3H3. The Morgan fingerprint density at radius 1 is 1.29 bits per heavy atom. The van der Waals surface area contributed by atoms with Gasteiger partial charge in [-0.15, -0.1) is 0 Å². The number of hydrogen-bond donors (Lipinski definition) is 0. The lowest BCUT2D eigenvalue weighted by atomic mass is 10.0. The van der Waals surface area contributed by atoms with Crippen molar-refractivity contribution in [2.45, 2.75) is 32.2 Å². The van der Waals surface area contributed by atoms with Gasteiger partial charge >= 0.3 is 0 Å². The van der Waals surface area contributed by atoms with Crippen molar-refractivity contribution in [1.82, 2.24) is 9.80 Å². The summed E-state index contributed by atoms with van der Waals surface area (Å²) in [6, 6.07) is 8.30. The van der Waals surface area contributed by atoms with Gasteiger partial charge in [-0.1, -0.05) is 19.1 Å². The summed E-state index contributed by atoms with van der Waals surface area (Å²) in [7, 11) is 4.02. The molecule has 0 radical (unpaired) electrons. The van der Waals surface area contributed by atoms with Crippen LogP contribution in [-0.4, -0.2) is 55.5 Å². The Morgan fingerprint density at radius 3 is 2.48 bits per heavy atom. The Kier molecular flexibility index (Phi) is 5.62. The van der Waals surface area contributed by atoms with Gasteiger partial charge in [0.2, 0.25) is 0 Å². The SMILES string of the molecule is CCc1ccc(OCC(=O)N(C)C2CCN(C)CC2)cc1. The van der Waals surface area contributed by atoms with E-state index in [1.807, 2.05) is 36.2 Å². The maximum Gasteiger partial charge on any atom is 0.260 e. The van der Waals surface area contributed by atoms with Crippen molar-refractivity contribution in [3.8, 4) is 5.75 Å². The second-order valence-corrected chi connectivity index (χ2v) is 5.83. The van der Waals surface area contributed by atoms with Gasteiger partial charge in [0.1, 0.15) is 5.75 Å². The molecular weight excluding hydrogens is 264 g/mol. The topological polar surface area (TPSA) is 32.8 Å². The van der Waals surface area contributed by atoms with Crippen molar-refractivity contribution in [3.05, 3.63) is 29.8 Å². The van der Waals surface area contributed by atoms with Crippen LogP contribution in [-0.2, 0) is 11.2 Å². The lowest BCUT2D eigenvalue weighted by Crippen LogP contribution is -2.45. The first-order valence-electron chi connectivity index (χ1n) is 7.76. The van der Waals surface area contributed by atoms with Crippen LogP contribution in [0.3, 0.4) is 0 Å². The molecule has 1 fully saturated rings. The number of piperidine rings is 1. The minimum Gasteiger partial charge on any atom is -0.484 e. The second kappa shape index (κ2) is 7.46. The Hall–Kier alpha value is -1.55. The lowest BCUT2D eigenvalue weighted by Gasteiger charge is -2.35. The van der Waals surface area contributed by atoms with E-state index in [4.69, 9.17) is 4.74 Å². The van der Waals surface area contributed by atoms with E-state index in [1.54, 1.807) is 0 Å². The molecule has 116 valence electrons. The Labute approximate surface area is 127 Å². The molecule has 0 atom stereocenters. The number of carbonyl (C=O) groups excluding carboxylic acids is 1. The molecule has 1 aromatic carbocycles. The minimum atomic E-state index is 0.0594. The van der Waals surface area contributed by atoms with Crippen LogP contribution in [0.4, 0.5) is 0 Å². The fraction of sp³-hybridized carbons (Fsp3) is 0.588. The number of aryl methyl sites for hydroxylation is 1. The van der Waals surface area contributed by atoms with Crippen LogP contribution in [0.2, 0.25) is 0 Å². The molecule has 0 unspecified atom stereocenters. The zero-order valence-corrected chi connectivity index (χ0v) is 13.3. The largest absolute Gasteiger partial charge is 0.484 e. The summed E-state index contributed by atoms with van der Waals surface area (Å²) < 4.78 is 5.60. The summed E-state index contributed by atoms with van der Waals surface area (Å²) in [5.41, 5.74) is 1.28. The van der Waals surface area contributed by atoms with Gasteiger partial charge in [-0.25, -0.2) is 0 Å². The zero-order chi connectivity index (χ0) is 15.2. The number of likely N-dealkylation sites (tertiary alicyclic amines) is 1. The van der Waals surface area contributed by atoms with E-state index in [9.17, 15) is 4.79 Å². The first-order chi connectivity index (χ1) is 10.1. The monoisotopic (exact) mass is 290 g/mol. The molecule has 0 aliphatic carbocycles. The molecule has 0 spiro atoms. The van der Waals surface area contributed by atoms with Gasteiger partial charge in [-0.05, 0) is 57.1 Å². The van der Waals surface area contributed by atoms with E-state index in [-0.39, 0.29) is 12.5 Å². The van der Waals surface area contributed by atoms with Crippen LogP contribution in [0, 0.1) is 0 Å². The predicted molar refractivity (Wildman–Crippen MR) is 84.6 cm³/mol. The highest BCUT2D eigenvalue weighted by molar-refractivity contribution is 5.77. The molecule has 0 bridgehead atoms. The summed E-state index contributed by atoms with van der Waals surface area (Å²) in [5, 5.41) is 0. The van der Waals surface area contributed by atoms with E-state index < -0.39 is 0 Å². The third kappa shape index (κ3) is 4.46. The van der Waals surface area contributed by atoms with Crippen molar-refractivity contribution >= 4 is 5.91 Å². The number of amides is 1. The molecule has 21 heavy (non-hydrogen) atoms. The average molecular weight is 290 g/mol. The van der Waals surface area contributed by atoms with Gasteiger partial charge in [0, 0.05) is 13.1 Å². The predicted octanol–water partition coefficient (Wildman–Crippen LogP) is 2.18. The van der Waals surface area contributed by atoms with E-state index in [0.29, 0.717) is 6.04 Å². The molecule has 1 aliphatic rings. The molecular formula is C17H26N2O2. The van der Waals surface area contributed by atoms with Crippen LogP contribution >= 0.6 is 0 Å². The van der Waals surface area contributed by atoms with E-state index in [0.717, 1.165) is 38.1 Å². The van der Waals surface area contributed by atoms with Crippen LogP contribution in [0.5, 0.6) is 5.75 Å². The number of ether oxygens (including phenoxy) is 1. The Bertz CT molecular complexity index is 450. The van der Waals surface area contributed by atoms with Gasteiger partial charge in [-0.3, -0.25) is 4.79 Å². The third-order valence-electron chi connectivity index (χ3n) is 4.32. The van der Waals surface area contributed by atoms with Crippen LogP contribution < -0.4 is 4.74 Å². The number of benzene rings is 1. The van der Waals surface area contributed by atoms with Gasteiger partial charge in [0.05, 0.1) is 0 Å². The number of nitrogens with zero attached hydrogens (tertiary/aromatic N) is 2. The average Bonchev–Trinajstić information content (AvgIpc) is 2.53. The molecule has 1 aliphatic heterocycles. The van der Waals surface area contributed by atoms with Crippen LogP contribution in [0.1, 0.15) is 25.3 Å². The molecule has 1 amide bonds. The minimum absolute atomic E-state index is 0.0594. The molecule has 1 aromatic rings. The van der Waals surface area contributed by atoms with Crippen molar-refractivity contribution in [3.63, 3.8) is 0 Å². The van der Waals surface area contributed by atoms with E-state index in [1.165, 1.54) is 5.56 Å². The first kappa shape index (κ1) is 15.8. The van der Waals surface area contributed by atoms with Gasteiger partial charge < -0.3 is 14.5 Å². The van der Waals surface area contributed by atoms with Crippen molar-refractivity contribution < 1.29 is 9.53 Å². The molecule has 1 heterocycles. The quantitative estimate of drug-likeness (QED) is 0.833. The highest BCUT2D eigenvalue weighted by Gasteiger charge is 2.24. The zero-order valence-electron chi connectivity index (χ0n) is 13.3. The van der Waals surface area contributed by atoms with Crippen LogP contribution in [0.15, 0.2) is 24.3 Å². The second-order valence-electron chi connectivity index (χ2n) is 5.83. The highest BCUT2D eigenvalue weighted by atomic mass is 16.5. The summed E-state index contributed by atoms with van der Waals surface area (Å²) in [6.07, 6.45) is 3.10. The molecule has 4 nitrogen and oxygen atoms in total.